The summed E-state index contributed by atoms with van der Waals surface area (Å²) in [5, 5.41) is 12.2. The number of ether oxygens (including phenoxy) is 1. The number of halogens is 1. The summed E-state index contributed by atoms with van der Waals surface area (Å²) >= 11 is 6.12. The molecular formula is C32H35ClN2O4. The number of aliphatic hydroxyl groups excluding tert-OH is 1. The Balaban J connectivity index is 1.95. The lowest BCUT2D eigenvalue weighted by Gasteiger charge is -2.27. The molecular weight excluding hydrogens is 512 g/mol. The van der Waals surface area contributed by atoms with Gasteiger partial charge in [0.1, 0.15) is 11.5 Å². The average Bonchev–Trinajstić information content (AvgIpc) is 3.19. The minimum absolute atomic E-state index is 0.0495. The monoisotopic (exact) mass is 546 g/mol. The number of carbonyl (C=O) groups is 2. The van der Waals surface area contributed by atoms with E-state index < -0.39 is 17.7 Å². The number of rotatable bonds is 8. The number of methoxy groups -OCH3 is 1. The van der Waals surface area contributed by atoms with Crippen molar-refractivity contribution in [3.8, 4) is 5.75 Å². The van der Waals surface area contributed by atoms with Crippen LogP contribution in [0.4, 0.5) is 11.4 Å². The summed E-state index contributed by atoms with van der Waals surface area (Å²) in [6, 6.07) is 17.5. The molecule has 1 heterocycles. The lowest BCUT2D eigenvalue weighted by atomic mass is 9.91. The molecule has 3 aromatic carbocycles. The Morgan fingerprint density at radius 2 is 1.64 bits per heavy atom. The quantitative estimate of drug-likeness (QED) is 0.183. The fourth-order valence-electron chi connectivity index (χ4n) is 5.20. The first-order valence-corrected chi connectivity index (χ1v) is 13.6. The molecule has 1 aliphatic heterocycles. The molecule has 1 atom stereocenters. The third-order valence-corrected chi connectivity index (χ3v) is 7.59. The summed E-state index contributed by atoms with van der Waals surface area (Å²) in [4.78, 5) is 30.8. The van der Waals surface area contributed by atoms with Gasteiger partial charge in [0.05, 0.1) is 18.7 Å². The highest BCUT2D eigenvalue weighted by Gasteiger charge is 2.47. The van der Waals surface area contributed by atoms with Crippen LogP contribution in [0, 0.1) is 6.92 Å². The lowest BCUT2D eigenvalue weighted by Crippen LogP contribution is -2.29. The lowest BCUT2D eigenvalue weighted by molar-refractivity contribution is -0.132. The number of carbonyl (C=O) groups excluding carboxylic acids is 2. The van der Waals surface area contributed by atoms with E-state index in [1.54, 1.807) is 31.4 Å². The molecule has 4 rings (SSSR count). The Kier molecular flexibility index (Phi) is 8.36. The Bertz CT molecular complexity index is 1410. The fraction of sp³-hybridized carbons (Fsp3) is 0.312. The molecule has 0 bridgehead atoms. The number of benzene rings is 3. The zero-order chi connectivity index (χ0) is 28.4. The van der Waals surface area contributed by atoms with Crippen molar-refractivity contribution in [2.45, 2.75) is 46.6 Å². The van der Waals surface area contributed by atoms with E-state index in [1.165, 1.54) is 4.90 Å². The molecule has 3 aromatic rings. The van der Waals surface area contributed by atoms with Crippen molar-refractivity contribution in [3.05, 3.63) is 93.5 Å². The summed E-state index contributed by atoms with van der Waals surface area (Å²) in [6.07, 6.45) is 0. The number of Topliss-reactive ketones (excluding diaryl/α,β-unsaturated/α-hetero) is 1. The minimum atomic E-state index is -0.819. The van der Waals surface area contributed by atoms with Crippen molar-refractivity contribution in [3.63, 3.8) is 0 Å². The van der Waals surface area contributed by atoms with Crippen LogP contribution in [0.2, 0.25) is 5.02 Å². The Morgan fingerprint density at radius 1 is 1.03 bits per heavy atom. The topological polar surface area (TPSA) is 70.1 Å². The molecule has 6 nitrogen and oxygen atoms in total. The van der Waals surface area contributed by atoms with Crippen LogP contribution in [0.25, 0.3) is 5.76 Å². The average molecular weight is 547 g/mol. The van der Waals surface area contributed by atoms with Crippen molar-refractivity contribution in [1.29, 1.82) is 0 Å². The molecule has 39 heavy (non-hydrogen) atoms. The van der Waals surface area contributed by atoms with E-state index in [2.05, 4.69) is 18.7 Å². The van der Waals surface area contributed by atoms with Crippen LogP contribution in [-0.2, 0) is 9.59 Å². The number of amides is 1. The summed E-state index contributed by atoms with van der Waals surface area (Å²) < 4.78 is 5.57. The van der Waals surface area contributed by atoms with Crippen molar-refractivity contribution >= 4 is 40.4 Å². The zero-order valence-electron chi connectivity index (χ0n) is 23.3. The molecule has 1 amide bonds. The van der Waals surface area contributed by atoms with Crippen LogP contribution in [0.15, 0.2) is 66.2 Å². The number of aliphatic hydroxyl groups is 1. The predicted octanol–water partition coefficient (Wildman–Crippen LogP) is 7.25. The standard InChI is InChI=1S/C32H35ClN2O4/c1-7-34(8-2)23-13-9-21(10-14-23)29-28(31(37)32(38)35(29)24-15-11-22(33)12-16-24)30(36)26-18-25(19(3)4)27(39-6)17-20(26)5/h9-19,29,36H,7-8H2,1-6H3/b30-28+. The van der Waals surface area contributed by atoms with Crippen LogP contribution in [0.1, 0.15) is 61.9 Å². The highest BCUT2D eigenvalue weighted by molar-refractivity contribution is 6.51. The van der Waals surface area contributed by atoms with Gasteiger partial charge in [-0.3, -0.25) is 14.5 Å². The van der Waals surface area contributed by atoms with Gasteiger partial charge >= 0.3 is 0 Å². The van der Waals surface area contributed by atoms with E-state index in [0.717, 1.165) is 35.5 Å². The normalized spacial score (nSPS) is 16.7. The van der Waals surface area contributed by atoms with Crippen LogP contribution in [-0.4, -0.2) is 37.0 Å². The number of nitrogens with zero attached hydrogens (tertiary/aromatic N) is 2. The van der Waals surface area contributed by atoms with Gasteiger partial charge in [0.15, 0.2) is 0 Å². The predicted molar refractivity (Wildman–Crippen MR) is 158 cm³/mol. The molecule has 0 spiro atoms. The summed E-state index contributed by atoms with van der Waals surface area (Å²) in [5.74, 6) is -0.811. The van der Waals surface area contributed by atoms with Crippen molar-refractivity contribution in [2.75, 3.05) is 30.0 Å². The maximum atomic E-state index is 13.6. The van der Waals surface area contributed by atoms with Crippen LogP contribution >= 0.6 is 11.6 Å². The first kappa shape index (κ1) is 28.2. The minimum Gasteiger partial charge on any atom is -0.507 e. The van der Waals surface area contributed by atoms with E-state index in [4.69, 9.17) is 16.3 Å². The van der Waals surface area contributed by atoms with Crippen LogP contribution in [0.5, 0.6) is 5.75 Å². The van der Waals surface area contributed by atoms with Gasteiger partial charge in [-0.05, 0) is 91.9 Å². The molecule has 204 valence electrons. The maximum absolute atomic E-state index is 13.6. The van der Waals surface area contributed by atoms with Gasteiger partial charge in [-0.2, -0.15) is 0 Å². The largest absolute Gasteiger partial charge is 0.507 e. The van der Waals surface area contributed by atoms with Crippen LogP contribution < -0.4 is 14.5 Å². The molecule has 1 saturated heterocycles. The fourth-order valence-corrected chi connectivity index (χ4v) is 5.32. The molecule has 0 radical (unpaired) electrons. The second kappa shape index (κ2) is 11.5. The first-order chi connectivity index (χ1) is 18.6. The molecule has 1 unspecified atom stereocenters. The van der Waals surface area contributed by atoms with Crippen molar-refractivity contribution in [2.24, 2.45) is 0 Å². The van der Waals surface area contributed by atoms with Gasteiger partial charge in [0.25, 0.3) is 11.7 Å². The second-order valence-electron chi connectivity index (χ2n) is 9.97. The Hall–Kier alpha value is -3.77. The van der Waals surface area contributed by atoms with Gasteiger partial charge in [0, 0.05) is 35.1 Å². The van der Waals surface area contributed by atoms with E-state index >= 15 is 0 Å². The Morgan fingerprint density at radius 3 is 2.18 bits per heavy atom. The molecule has 0 aliphatic carbocycles. The third-order valence-electron chi connectivity index (χ3n) is 7.34. The van der Waals surface area contributed by atoms with Gasteiger partial charge in [-0.1, -0.05) is 37.6 Å². The summed E-state index contributed by atoms with van der Waals surface area (Å²) in [6.45, 7) is 11.8. The zero-order valence-corrected chi connectivity index (χ0v) is 24.0. The number of aryl methyl sites for hydroxylation is 1. The van der Waals surface area contributed by atoms with E-state index in [1.807, 2.05) is 57.2 Å². The number of hydrogen-bond acceptors (Lipinski definition) is 5. The second-order valence-corrected chi connectivity index (χ2v) is 10.4. The van der Waals surface area contributed by atoms with E-state index in [0.29, 0.717) is 22.0 Å². The number of anilines is 2. The van der Waals surface area contributed by atoms with E-state index in [9.17, 15) is 14.7 Å². The molecule has 0 saturated carbocycles. The third kappa shape index (κ3) is 5.26. The van der Waals surface area contributed by atoms with Gasteiger partial charge < -0.3 is 14.7 Å². The van der Waals surface area contributed by atoms with E-state index in [-0.39, 0.29) is 17.3 Å². The van der Waals surface area contributed by atoms with Crippen molar-refractivity contribution in [1.82, 2.24) is 0 Å². The summed E-state index contributed by atoms with van der Waals surface area (Å²) in [5.41, 5.74) is 4.47. The first-order valence-electron chi connectivity index (χ1n) is 13.2. The molecule has 7 heteroatoms. The molecule has 1 fully saturated rings. The molecule has 1 N–H and O–H groups in total. The number of ketones is 1. The SMILES string of the molecule is CCN(CC)c1ccc(C2/C(=C(\O)c3cc(C(C)C)c(OC)cc3C)C(=O)C(=O)N2c2ccc(Cl)cc2)cc1. The Labute approximate surface area is 235 Å². The summed E-state index contributed by atoms with van der Waals surface area (Å²) in [7, 11) is 1.61. The smallest absolute Gasteiger partial charge is 0.300 e. The highest BCUT2D eigenvalue weighted by Crippen LogP contribution is 2.44. The maximum Gasteiger partial charge on any atom is 0.300 e. The van der Waals surface area contributed by atoms with Gasteiger partial charge in [-0.25, -0.2) is 0 Å². The number of hydrogen-bond donors (Lipinski definition) is 1. The van der Waals surface area contributed by atoms with Crippen LogP contribution in [0.3, 0.4) is 0 Å². The molecule has 0 aromatic heterocycles. The molecule has 1 aliphatic rings. The highest BCUT2D eigenvalue weighted by atomic mass is 35.5. The van der Waals surface area contributed by atoms with Gasteiger partial charge in [0.2, 0.25) is 0 Å². The van der Waals surface area contributed by atoms with Gasteiger partial charge in [-0.15, -0.1) is 0 Å². The van der Waals surface area contributed by atoms with Crippen molar-refractivity contribution < 1.29 is 19.4 Å².